The standard InChI is InChI=1S/C50H100N2O6S2/c1-5-9-13-17-21-25-31-45(53)41-51(42-46(54)32-26-22-18-14-10-6-2)37-29-35-49(57)59-39-40-60-50(58)36-30-38-52(43-47(55)33-27-23-19-15-11-7-3)44-48(56)34-28-24-20-16-12-8-4/h45-48,53-56H,5-44H2,1-4H3. The van der Waals surface area contributed by atoms with Gasteiger partial charge >= 0.3 is 0 Å². The predicted octanol–water partition coefficient (Wildman–Crippen LogP) is 12.1. The smallest absolute Gasteiger partial charge is 0.189 e. The minimum atomic E-state index is -0.414. The number of hydrogen-bond donors (Lipinski definition) is 4. The Morgan fingerprint density at radius 1 is 0.367 bits per heavy atom. The summed E-state index contributed by atoms with van der Waals surface area (Å²) in [5.41, 5.74) is 0. The van der Waals surface area contributed by atoms with Crippen LogP contribution < -0.4 is 0 Å². The molecule has 8 nitrogen and oxygen atoms in total. The summed E-state index contributed by atoms with van der Waals surface area (Å²) >= 11 is 2.62. The molecular formula is C50H100N2O6S2. The lowest BCUT2D eigenvalue weighted by atomic mass is 10.1. The van der Waals surface area contributed by atoms with Crippen LogP contribution in [-0.2, 0) is 9.59 Å². The lowest BCUT2D eigenvalue weighted by molar-refractivity contribution is -0.112. The Bertz CT molecular complexity index is 813. The van der Waals surface area contributed by atoms with Crippen molar-refractivity contribution in [2.75, 3.05) is 50.8 Å². The van der Waals surface area contributed by atoms with Gasteiger partial charge in [0.25, 0.3) is 0 Å². The lowest BCUT2D eigenvalue weighted by Gasteiger charge is -2.27. The molecule has 0 radical (unpaired) electrons. The zero-order valence-corrected chi connectivity index (χ0v) is 41.5. The molecule has 4 unspecified atom stereocenters. The maximum absolute atomic E-state index is 12.8. The number of nitrogens with zero attached hydrogens (tertiary/aromatic N) is 2. The topological polar surface area (TPSA) is 122 Å². The third-order valence-corrected chi connectivity index (χ3v) is 13.9. The van der Waals surface area contributed by atoms with E-state index in [1.807, 2.05) is 0 Å². The van der Waals surface area contributed by atoms with E-state index in [0.29, 0.717) is 76.5 Å². The first-order valence-electron chi connectivity index (χ1n) is 25.6. The summed E-state index contributed by atoms with van der Waals surface area (Å²) in [5.74, 6) is 1.21. The largest absolute Gasteiger partial charge is 0.392 e. The highest BCUT2D eigenvalue weighted by molar-refractivity contribution is 8.16. The minimum Gasteiger partial charge on any atom is -0.392 e. The summed E-state index contributed by atoms with van der Waals surface area (Å²) in [6.45, 7) is 12.4. The summed E-state index contributed by atoms with van der Waals surface area (Å²) in [4.78, 5) is 29.9. The number of hydrogen-bond acceptors (Lipinski definition) is 10. The molecule has 0 aliphatic rings. The molecule has 4 atom stereocenters. The SMILES string of the molecule is CCCCCCCCC(O)CN(CCCC(=O)SCCSC(=O)CCCN(CC(O)CCCCCCCC)CC(O)CCCCCCCC)CC(O)CCCCCCCC. The van der Waals surface area contributed by atoms with Crippen LogP contribution in [0.4, 0.5) is 0 Å². The molecule has 0 bridgehead atoms. The Labute approximate surface area is 380 Å². The first kappa shape index (κ1) is 59.8. The first-order valence-corrected chi connectivity index (χ1v) is 27.6. The highest BCUT2D eigenvalue weighted by Gasteiger charge is 2.18. The molecule has 0 aromatic rings. The monoisotopic (exact) mass is 889 g/mol. The summed E-state index contributed by atoms with van der Waals surface area (Å²) < 4.78 is 0. The van der Waals surface area contributed by atoms with Crippen LogP contribution in [0.2, 0.25) is 0 Å². The van der Waals surface area contributed by atoms with Crippen molar-refractivity contribution in [1.82, 2.24) is 9.80 Å². The van der Waals surface area contributed by atoms with Gasteiger partial charge in [-0.05, 0) is 51.6 Å². The molecule has 0 fully saturated rings. The average molecular weight is 889 g/mol. The summed E-state index contributed by atoms with van der Waals surface area (Å²) in [6.07, 6.45) is 32.5. The van der Waals surface area contributed by atoms with Crippen LogP contribution in [0.1, 0.15) is 233 Å². The van der Waals surface area contributed by atoms with Crippen LogP contribution in [0, 0.1) is 0 Å². The van der Waals surface area contributed by atoms with Gasteiger partial charge in [-0.3, -0.25) is 19.4 Å². The normalized spacial score (nSPS) is 14.0. The van der Waals surface area contributed by atoms with E-state index in [2.05, 4.69) is 37.5 Å². The van der Waals surface area contributed by atoms with Gasteiger partial charge in [0, 0.05) is 50.5 Å². The molecular weight excluding hydrogens is 789 g/mol. The molecule has 0 aromatic heterocycles. The fourth-order valence-electron chi connectivity index (χ4n) is 8.06. The number of aliphatic hydroxyl groups excluding tert-OH is 4. The Morgan fingerprint density at radius 2 is 0.600 bits per heavy atom. The van der Waals surface area contributed by atoms with Gasteiger partial charge in [0.05, 0.1) is 24.4 Å². The van der Waals surface area contributed by atoms with E-state index in [0.717, 1.165) is 77.0 Å². The van der Waals surface area contributed by atoms with Crippen molar-refractivity contribution in [2.24, 2.45) is 0 Å². The summed E-state index contributed by atoms with van der Waals surface area (Å²) in [6, 6.07) is 0. The van der Waals surface area contributed by atoms with Crippen molar-refractivity contribution in [3.05, 3.63) is 0 Å². The molecule has 60 heavy (non-hydrogen) atoms. The summed E-state index contributed by atoms with van der Waals surface area (Å²) in [7, 11) is 0. The van der Waals surface area contributed by atoms with Gasteiger partial charge in [-0.1, -0.05) is 205 Å². The quantitative estimate of drug-likeness (QED) is 0.0440. The van der Waals surface area contributed by atoms with Gasteiger partial charge in [-0.15, -0.1) is 0 Å². The van der Waals surface area contributed by atoms with Gasteiger partial charge in [0.1, 0.15) is 0 Å². The molecule has 0 saturated heterocycles. The van der Waals surface area contributed by atoms with Crippen molar-refractivity contribution in [2.45, 2.75) is 258 Å². The third-order valence-electron chi connectivity index (χ3n) is 11.8. The molecule has 0 saturated carbocycles. The molecule has 0 heterocycles. The highest BCUT2D eigenvalue weighted by Crippen LogP contribution is 2.18. The maximum atomic E-state index is 12.8. The maximum Gasteiger partial charge on any atom is 0.189 e. The molecule has 0 spiro atoms. The van der Waals surface area contributed by atoms with E-state index in [1.54, 1.807) is 0 Å². The number of rotatable bonds is 47. The molecule has 0 aliphatic heterocycles. The molecule has 358 valence electrons. The molecule has 0 rings (SSSR count). The fourth-order valence-corrected chi connectivity index (χ4v) is 9.76. The zero-order valence-electron chi connectivity index (χ0n) is 39.9. The Balaban J connectivity index is 4.69. The zero-order chi connectivity index (χ0) is 44.3. The third kappa shape index (κ3) is 41.8. The van der Waals surface area contributed by atoms with E-state index in [1.165, 1.54) is 126 Å². The Hall–Kier alpha value is -0.200. The van der Waals surface area contributed by atoms with Crippen LogP contribution in [0.3, 0.4) is 0 Å². The predicted molar refractivity (Wildman–Crippen MR) is 262 cm³/mol. The van der Waals surface area contributed by atoms with Crippen LogP contribution in [0.25, 0.3) is 0 Å². The second kappa shape index (κ2) is 45.4. The van der Waals surface area contributed by atoms with Crippen LogP contribution in [0.15, 0.2) is 0 Å². The van der Waals surface area contributed by atoms with Crippen molar-refractivity contribution < 1.29 is 30.0 Å². The molecule has 0 amide bonds. The van der Waals surface area contributed by atoms with Crippen LogP contribution in [0.5, 0.6) is 0 Å². The highest BCUT2D eigenvalue weighted by atomic mass is 32.2. The van der Waals surface area contributed by atoms with Crippen molar-refractivity contribution in [3.63, 3.8) is 0 Å². The van der Waals surface area contributed by atoms with Crippen molar-refractivity contribution in [3.8, 4) is 0 Å². The van der Waals surface area contributed by atoms with Crippen molar-refractivity contribution >= 4 is 33.8 Å². The van der Waals surface area contributed by atoms with Crippen molar-refractivity contribution in [1.29, 1.82) is 0 Å². The number of carbonyl (C=O) groups excluding carboxylic acids is 2. The Morgan fingerprint density at radius 3 is 0.850 bits per heavy atom. The van der Waals surface area contributed by atoms with Crippen LogP contribution in [-0.4, -0.2) is 116 Å². The van der Waals surface area contributed by atoms with E-state index >= 15 is 0 Å². The first-order chi connectivity index (χ1) is 29.1. The van der Waals surface area contributed by atoms with E-state index in [-0.39, 0.29) is 10.2 Å². The fraction of sp³-hybridized carbons (Fsp3) is 0.960. The van der Waals surface area contributed by atoms with E-state index in [9.17, 15) is 30.0 Å². The van der Waals surface area contributed by atoms with E-state index < -0.39 is 24.4 Å². The summed E-state index contributed by atoms with van der Waals surface area (Å²) in [5, 5.41) is 43.7. The number of unbranched alkanes of at least 4 members (excludes halogenated alkanes) is 20. The number of carbonyl (C=O) groups is 2. The lowest BCUT2D eigenvalue weighted by Crippen LogP contribution is -2.38. The second-order valence-electron chi connectivity index (χ2n) is 18.0. The Kier molecular flexibility index (Phi) is 45.2. The van der Waals surface area contributed by atoms with Gasteiger partial charge in [0.2, 0.25) is 0 Å². The van der Waals surface area contributed by atoms with Gasteiger partial charge < -0.3 is 20.4 Å². The number of aliphatic hydroxyl groups is 4. The molecule has 4 N–H and O–H groups in total. The number of thioether (sulfide) groups is 2. The average Bonchev–Trinajstić information content (AvgIpc) is 3.21. The second-order valence-corrected chi connectivity index (χ2v) is 20.3. The molecule has 10 heteroatoms. The van der Waals surface area contributed by atoms with Gasteiger partial charge in [-0.25, -0.2) is 0 Å². The van der Waals surface area contributed by atoms with E-state index in [4.69, 9.17) is 0 Å². The molecule has 0 aromatic carbocycles. The van der Waals surface area contributed by atoms with Gasteiger partial charge in [-0.2, -0.15) is 0 Å². The molecule has 0 aliphatic carbocycles. The van der Waals surface area contributed by atoms with Crippen LogP contribution >= 0.6 is 23.5 Å². The minimum absolute atomic E-state index is 0.137. The van der Waals surface area contributed by atoms with Gasteiger partial charge in [0.15, 0.2) is 10.2 Å².